The molecule has 0 aliphatic carbocycles. The van der Waals surface area contributed by atoms with Gasteiger partial charge in [-0.3, -0.25) is 0 Å². The minimum Gasteiger partial charge on any atom is -0.468 e. The van der Waals surface area contributed by atoms with Crippen LogP contribution in [0.4, 0.5) is 8.78 Å². The van der Waals surface area contributed by atoms with Gasteiger partial charge in [-0.25, -0.2) is 13.6 Å². The van der Waals surface area contributed by atoms with Gasteiger partial charge in [-0.2, -0.15) is 10.3 Å². The molecule has 1 aromatic rings. The van der Waals surface area contributed by atoms with Crippen LogP contribution in [0.1, 0.15) is 18.0 Å². The molecule has 1 atom stereocenters. The molecular formula is C17H17F2N3O4. The number of nitrogens with one attached hydrogen (secondary N) is 1. The summed E-state index contributed by atoms with van der Waals surface area (Å²) in [4.78, 5) is 16.7. The summed E-state index contributed by atoms with van der Waals surface area (Å²) in [5.74, 6) is -2.81. The van der Waals surface area contributed by atoms with Crippen molar-refractivity contribution in [1.82, 2.24) is 5.32 Å². The van der Waals surface area contributed by atoms with Crippen molar-refractivity contribution in [3.8, 4) is 6.07 Å². The second-order valence-electron chi connectivity index (χ2n) is 5.21. The molecule has 0 spiro atoms. The Labute approximate surface area is 148 Å². The molecule has 0 saturated carbocycles. The molecule has 1 aliphatic heterocycles. The zero-order valence-corrected chi connectivity index (χ0v) is 14.2. The first-order chi connectivity index (χ1) is 12.5. The number of nitrogens with zero attached hydrogens (tertiary/aromatic N) is 2. The predicted octanol–water partition coefficient (Wildman–Crippen LogP) is 1.97. The number of hydrogen-bond donors (Lipinski definition) is 1. The minimum absolute atomic E-state index is 0.0223. The van der Waals surface area contributed by atoms with Gasteiger partial charge in [0, 0.05) is 7.11 Å². The molecule has 1 heterocycles. The van der Waals surface area contributed by atoms with Crippen molar-refractivity contribution in [1.29, 1.82) is 5.26 Å². The van der Waals surface area contributed by atoms with Gasteiger partial charge in [0.15, 0.2) is 11.6 Å². The smallest absolute Gasteiger partial charge is 0.338 e. The van der Waals surface area contributed by atoms with E-state index in [1.165, 1.54) is 20.3 Å². The maximum atomic E-state index is 13.7. The van der Waals surface area contributed by atoms with E-state index in [9.17, 15) is 13.6 Å². The largest absolute Gasteiger partial charge is 0.468 e. The van der Waals surface area contributed by atoms with Crippen LogP contribution in [0.5, 0.6) is 0 Å². The van der Waals surface area contributed by atoms with Crippen LogP contribution in [0.15, 0.2) is 34.5 Å². The highest BCUT2D eigenvalue weighted by molar-refractivity contribution is 5.94. The van der Waals surface area contributed by atoms with Crippen molar-refractivity contribution in [3.63, 3.8) is 0 Å². The molecule has 1 N–H and O–H groups in total. The zero-order valence-electron chi connectivity index (χ0n) is 14.2. The highest BCUT2D eigenvalue weighted by Crippen LogP contribution is 2.30. The van der Waals surface area contributed by atoms with E-state index in [4.69, 9.17) is 19.5 Å². The summed E-state index contributed by atoms with van der Waals surface area (Å²) in [5.41, 5.74) is 0.561. The molecule has 0 fully saturated rings. The maximum absolute atomic E-state index is 13.7. The Morgan fingerprint density at radius 2 is 2.12 bits per heavy atom. The number of hydrogen-bond acceptors (Lipinski definition) is 7. The number of ether oxygens (including phenoxy) is 3. The molecule has 9 heteroatoms. The van der Waals surface area contributed by atoms with Crippen molar-refractivity contribution in [2.75, 3.05) is 27.4 Å². The molecule has 2 rings (SSSR count). The van der Waals surface area contributed by atoms with Crippen LogP contribution in [0.25, 0.3) is 0 Å². The summed E-state index contributed by atoms with van der Waals surface area (Å²) in [6, 6.07) is 4.32. The third kappa shape index (κ3) is 4.34. The van der Waals surface area contributed by atoms with Crippen LogP contribution >= 0.6 is 0 Å². The quantitative estimate of drug-likeness (QED) is 0.612. The normalized spacial score (nSPS) is 16.4. The third-order valence-electron chi connectivity index (χ3n) is 3.52. The van der Waals surface area contributed by atoms with E-state index in [0.29, 0.717) is 0 Å². The number of nitriles is 1. The van der Waals surface area contributed by atoms with E-state index in [-0.39, 0.29) is 42.5 Å². The number of methoxy groups -OCH3 is 2. The van der Waals surface area contributed by atoms with Gasteiger partial charge in [-0.15, -0.1) is 0 Å². The molecule has 0 amide bonds. The van der Waals surface area contributed by atoms with Crippen LogP contribution in [-0.4, -0.2) is 39.4 Å². The number of carbonyl (C=O) groups is 1. The number of halogens is 2. The fourth-order valence-corrected chi connectivity index (χ4v) is 2.37. The Morgan fingerprint density at radius 1 is 1.35 bits per heavy atom. The van der Waals surface area contributed by atoms with Crippen LogP contribution in [0.2, 0.25) is 0 Å². The van der Waals surface area contributed by atoms with Crippen molar-refractivity contribution in [2.45, 2.75) is 12.5 Å². The fourth-order valence-electron chi connectivity index (χ4n) is 2.37. The first kappa shape index (κ1) is 19.3. The first-order valence-electron chi connectivity index (χ1n) is 7.62. The van der Waals surface area contributed by atoms with Crippen LogP contribution in [0.3, 0.4) is 0 Å². The molecule has 7 nitrogen and oxygen atoms in total. The van der Waals surface area contributed by atoms with Crippen molar-refractivity contribution in [2.24, 2.45) is 4.99 Å². The Kier molecular flexibility index (Phi) is 6.63. The molecule has 0 saturated heterocycles. The molecule has 0 aromatic heterocycles. The second kappa shape index (κ2) is 8.92. The average Bonchev–Trinajstić information content (AvgIpc) is 2.63. The molecule has 1 aromatic carbocycles. The van der Waals surface area contributed by atoms with Gasteiger partial charge < -0.3 is 19.5 Å². The number of aliphatic imine (C=N–C) groups is 1. The van der Waals surface area contributed by atoms with Gasteiger partial charge in [0.05, 0.1) is 43.5 Å². The van der Waals surface area contributed by atoms with Crippen LogP contribution < -0.4 is 5.32 Å². The zero-order chi connectivity index (χ0) is 19.1. The number of esters is 1. The van der Waals surface area contributed by atoms with Crippen molar-refractivity contribution >= 4 is 12.0 Å². The van der Waals surface area contributed by atoms with E-state index < -0.39 is 23.6 Å². The van der Waals surface area contributed by atoms with E-state index in [1.807, 2.05) is 6.07 Å². The van der Waals surface area contributed by atoms with Crippen LogP contribution in [0, 0.1) is 23.0 Å². The first-order valence-corrected chi connectivity index (χ1v) is 7.62. The van der Waals surface area contributed by atoms with Gasteiger partial charge in [0.1, 0.15) is 6.61 Å². The molecule has 0 radical (unpaired) electrons. The van der Waals surface area contributed by atoms with Crippen molar-refractivity contribution < 1.29 is 27.8 Å². The third-order valence-corrected chi connectivity index (χ3v) is 3.52. The van der Waals surface area contributed by atoms with Gasteiger partial charge >= 0.3 is 5.97 Å². The summed E-state index contributed by atoms with van der Waals surface area (Å²) in [7, 11) is 2.79. The standard InChI is InChI=1S/C17H17F2N3O4/c1-24-9-13-14(16(23)26-7-3-6-20)15(22-17(21-13)25-2)10-4-5-11(18)12(19)8-10/h4-5,8,15H,3,7,9H2,1-2H3,(H,21,22). The highest BCUT2D eigenvalue weighted by atomic mass is 19.2. The molecular weight excluding hydrogens is 348 g/mol. The number of amidine groups is 1. The lowest BCUT2D eigenvalue weighted by molar-refractivity contribution is -0.139. The lowest BCUT2D eigenvalue weighted by Crippen LogP contribution is -2.38. The Bertz CT molecular complexity index is 787. The van der Waals surface area contributed by atoms with E-state index in [1.54, 1.807) is 0 Å². The topological polar surface area (TPSA) is 92.9 Å². The summed E-state index contributed by atoms with van der Waals surface area (Å²) >= 11 is 0. The number of carbonyl (C=O) groups excluding carboxylic acids is 1. The van der Waals surface area contributed by atoms with Gasteiger partial charge in [-0.05, 0) is 17.7 Å². The summed E-state index contributed by atoms with van der Waals surface area (Å²) in [5, 5.41) is 11.4. The highest BCUT2D eigenvalue weighted by Gasteiger charge is 2.33. The molecule has 0 bridgehead atoms. The van der Waals surface area contributed by atoms with Gasteiger partial charge in [-0.1, -0.05) is 6.07 Å². The van der Waals surface area contributed by atoms with E-state index >= 15 is 0 Å². The summed E-state index contributed by atoms with van der Waals surface area (Å²) in [6.45, 7) is -0.137. The molecule has 1 aliphatic rings. The molecule has 1 unspecified atom stereocenters. The van der Waals surface area contributed by atoms with E-state index in [0.717, 1.165) is 12.1 Å². The fraction of sp³-hybridized carbons (Fsp3) is 0.353. The van der Waals surface area contributed by atoms with Crippen molar-refractivity contribution in [3.05, 3.63) is 46.7 Å². The van der Waals surface area contributed by atoms with Gasteiger partial charge in [0.2, 0.25) is 0 Å². The van der Waals surface area contributed by atoms with E-state index in [2.05, 4.69) is 10.3 Å². The SMILES string of the molecule is COCC1=C(C(=O)OCCC#N)C(c2ccc(F)c(F)c2)NC(OC)=N1. The predicted molar refractivity (Wildman–Crippen MR) is 86.8 cm³/mol. The van der Waals surface area contributed by atoms with Gasteiger partial charge in [0.25, 0.3) is 6.02 Å². The Balaban J connectivity index is 2.48. The lowest BCUT2D eigenvalue weighted by Gasteiger charge is -2.27. The number of rotatable bonds is 6. The maximum Gasteiger partial charge on any atom is 0.338 e. The second-order valence-corrected chi connectivity index (χ2v) is 5.21. The number of benzene rings is 1. The molecule has 138 valence electrons. The monoisotopic (exact) mass is 365 g/mol. The molecule has 26 heavy (non-hydrogen) atoms. The minimum atomic E-state index is -1.06. The Morgan fingerprint density at radius 3 is 2.73 bits per heavy atom. The Hall–Kier alpha value is -2.99. The summed E-state index contributed by atoms with van der Waals surface area (Å²) in [6.07, 6.45) is 0.0223. The van der Waals surface area contributed by atoms with Crippen LogP contribution in [-0.2, 0) is 19.0 Å². The lowest BCUT2D eigenvalue weighted by atomic mass is 9.95. The average molecular weight is 365 g/mol. The summed E-state index contributed by atoms with van der Waals surface area (Å²) < 4.78 is 42.2.